The number of amides is 2. The van der Waals surface area contributed by atoms with Crippen molar-refractivity contribution in [2.75, 3.05) is 44.8 Å². The molecule has 1 aromatic carbocycles. The van der Waals surface area contributed by atoms with Gasteiger partial charge in [-0.1, -0.05) is 25.3 Å². The Labute approximate surface area is 181 Å². The Morgan fingerprint density at radius 2 is 1.55 bits per heavy atom. The first-order chi connectivity index (χ1) is 15.0. The van der Waals surface area contributed by atoms with Crippen LogP contribution in [0, 0.1) is 0 Å². The molecular formula is C21H29N3O7. The molecule has 0 spiro atoms. The van der Waals surface area contributed by atoms with Crippen LogP contribution in [0.15, 0.2) is 43.5 Å². The van der Waals surface area contributed by atoms with E-state index in [1.807, 2.05) is 0 Å². The van der Waals surface area contributed by atoms with E-state index in [1.54, 1.807) is 12.1 Å². The van der Waals surface area contributed by atoms with Gasteiger partial charge in [0.1, 0.15) is 24.5 Å². The van der Waals surface area contributed by atoms with Gasteiger partial charge < -0.3 is 35.3 Å². The number of rotatable bonds is 15. The van der Waals surface area contributed by atoms with E-state index >= 15 is 0 Å². The molecule has 0 aliphatic carbocycles. The van der Waals surface area contributed by atoms with Gasteiger partial charge in [-0.05, 0) is 25.0 Å². The van der Waals surface area contributed by atoms with Crippen molar-refractivity contribution in [2.24, 2.45) is 0 Å². The van der Waals surface area contributed by atoms with E-state index < -0.39 is 18.2 Å². The zero-order chi connectivity index (χ0) is 22.9. The summed E-state index contributed by atoms with van der Waals surface area (Å²) in [6.45, 7) is 8.67. The first-order valence-electron chi connectivity index (χ1n) is 9.75. The van der Waals surface area contributed by atoms with Gasteiger partial charge in [0.05, 0.1) is 6.61 Å². The number of anilines is 1. The van der Waals surface area contributed by atoms with Gasteiger partial charge in [0, 0.05) is 31.4 Å². The van der Waals surface area contributed by atoms with Gasteiger partial charge in [-0.15, -0.1) is 0 Å². The predicted octanol–water partition coefficient (Wildman–Crippen LogP) is 2.78. The number of alkyl carbamates (subject to hydrolysis) is 2. The lowest BCUT2D eigenvalue weighted by atomic mass is 10.1. The van der Waals surface area contributed by atoms with Crippen LogP contribution in [0.1, 0.15) is 23.2 Å². The lowest BCUT2D eigenvalue weighted by Gasteiger charge is -2.13. The summed E-state index contributed by atoms with van der Waals surface area (Å²) in [6, 6.07) is 4.69. The molecule has 4 N–H and O–H groups in total. The van der Waals surface area contributed by atoms with Crippen LogP contribution < -0.4 is 20.7 Å². The van der Waals surface area contributed by atoms with Crippen molar-refractivity contribution < 1.29 is 33.7 Å². The molecule has 0 atom stereocenters. The van der Waals surface area contributed by atoms with E-state index in [0.717, 1.165) is 0 Å². The summed E-state index contributed by atoms with van der Waals surface area (Å²) >= 11 is 0. The quantitative estimate of drug-likeness (QED) is 0.244. The van der Waals surface area contributed by atoms with Crippen LogP contribution in [-0.2, 0) is 9.47 Å². The standard InChI is InChI=1S/C21H29N3O7/c1-3-12-30-20(27)23-10-5-9-22-16-7-8-17(19(25)26)18(15-16)29-14-6-11-24-21(28)31-13-4-2/h3-4,7-8,15,22H,1-2,5-6,9-14H2,(H,23,27)(H,24,28)(H,25,26). The molecule has 1 rings (SSSR count). The summed E-state index contributed by atoms with van der Waals surface area (Å²) in [5, 5.41) is 17.6. The third-order valence-electron chi connectivity index (χ3n) is 3.68. The first-order valence-corrected chi connectivity index (χ1v) is 9.75. The Morgan fingerprint density at radius 3 is 2.13 bits per heavy atom. The van der Waals surface area contributed by atoms with E-state index in [1.165, 1.54) is 18.2 Å². The molecule has 10 nitrogen and oxygen atoms in total. The first kappa shape index (κ1) is 25.3. The number of hydrogen-bond donors (Lipinski definition) is 4. The molecule has 0 aliphatic rings. The molecule has 0 fully saturated rings. The second-order valence-electron chi connectivity index (χ2n) is 6.13. The van der Waals surface area contributed by atoms with Crippen LogP contribution in [0.2, 0.25) is 0 Å². The van der Waals surface area contributed by atoms with E-state index in [2.05, 4.69) is 29.1 Å². The van der Waals surface area contributed by atoms with Gasteiger partial charge in [-0.2, -0.15) is 0 Å². The number of benzene rings is 1. The summed E-state index contributed by atoms with van der Waals surface area (Å²) in [4.78, 5) is 34.0. The molecule has 0 aromatic heterocycles. The summed E-state index contributed by atoms with van der Waals surface area (Å²) < 4.78 is 15.2. The highest BCUT2D eigenvalue weighted by Gasteiger charge is 2.12. The van der Waals surface area contributed by atoms with Crippen molar-refractivity contribution in [2.45, 2.75) is 12.8 Å². The smallest absolute Gasteiger partial charge is 0.407 e. The van der Waals surface area contributed by atoms with Crippen molar-refractivity contribution in [1.82, 2.24) is 10.6 Å². The van der Waals surface area contributed by atoms with Gasteiger partial charge in [-0.25, -0.2) is 14.4 Å². The van der Waals surface area contributed by atoms with E-state index in [-0.39, 0.29) is 31.1 Å². The van der Waals surface area contributed by atoms with Crippen LogP contribution in [0.25, 0.3) is 0 Å². The SMILES string of the molecule is C=CCOC(=O)NCCCNc1ccc(C(=O)O)c(OCCCNC(=O)OCC=C)c1. The number of hydrogen-bond acceptors (Lipinski definition) is 7. The number of carbonyl (C=O) groups is 3. The van der Waals surface area contributed by atoms with E-state index in [9.17, 15) is 19.5 Å². The van der Waals surface area contributed by atoms with Gasteiger partial charge >= 0.3 is 18.2 Å². The fourth-order valence-electron chi connectivity index (χ4n) is 2.26. The van der Waals surface area contributed by atoms with Crippen LogP contribution in [-0.4, -0.2) is 62.7 Å². The average Bonchev–Trinajstić information content (AvgIpc) is 2.75. The van der Waals surface area contributed by atoms with E-state index in [4.69, 9.17) is 14.2 Å². The highest BCUT2D eigenvalue weighted by atomic mass is 16.6. The van der Waals surface area contributed by atoms with Crippen LogP contribution in [0.5, 0.6) is 5.75 Å². The van der Waals surface area contributed by atoms with Crippen molar-refractivity contribution in [1.29, 1.82) is 0 Å². The predicted molar refractivity (Wildman–Crippen MR) is 116 cm³/mol. The molecule has 0 unspecified atom stereocenters. The number of carbonyl (C=O) groups excluding carboxylic acids is 2. The molecule has 10 heteroatoms. The Balaban J connectivity index is 2.42. The number of carboxylic acid groups (broad SMARTS) is 1. The zero-order valence-electron chi connectivity index (χ0n) is 17.4. The second kappa shape index (κ2) is 15.2. The van der Waals surface area contributed by atoms with Crippen LogP contribution in [0.3, 0.4) is 0 Å². The molecular weight excluding hydrogens is 406 g/mol. The molecule has 0 heterocycles. The lowest BCUT2D eigenvalue weighted by molar-refractivity contribution is 0.0692. The third kappa shape index (κ3) is 11.2. The largest absolute Gasteiger partial charge is 0.493 e. The van der Waals surface area contributed by atoms with Crippen molar-refractivity contribution >= 4 is 23.8 Å². The van der Waals surface area contributed by atoms with Crippen LogP contribution >= 0.6 is 0 Å². The number of carboxylic acids is 1. The average molecular weight is 435 g/mol. The second-order valence-corrected chi connectivity index (χ2v) is 6.13. The topological polar surface area (TPSA) is 135 Å². The third-order valence-corrected chi connectivity index (χ3v) is 3.68. The van der Waals surface area contributed by atoms with Crippen molar-refractivity contribution in [3.8, 4) is 5.75 Å². The molecule has 170 valence electrons. The summed E-state index contributed by atoms with van der Waals surface area (Å²) in [5.74, 6) is -0.882. The van der Waals surface area contributed by atoms with Gasteiger partial charge in [0.15, 0.2) is 0 Å². The van der Waals surface area contributed by atoms with Gasteiger partial charge in [0.2, 0.25) is 0 Å². The number of nitrogens with one attached hydrogen (secondary N) is 3. The Morgan fingerprint density at radius 1 is 0.935 bits per heavy atom. The number of ether oxygens (including phenoxy) is 3. The molecule has 0 aliphatic heterocycles. The molecule has 0 radical (unpaired) electrons. The van der Waals surface area contributed by atoms with Crippen molar-refractivity contribution in [3.63, 3.8) is 0 Å². The molecule has 1 aromatic rings. The summed E-state index contributed by atoms with van der Waals surface area (Å²) in [6.07, 6.45) is 2.98. The zero-order valence-corrected chi connectivity index (χ0v) is 17.4. The van der Waals surface area contributed by atoms with Gasteiger partial charge in [-0.3, -0.25) is 0 Å². The van der Waals surface area contributed by atoms with Crippen molar-refractivity contribution in [3.05, 3.63) is 49.1 Å². The summed E-state index contributed by atoms with van der Waals surface area (Å²) in [7, 11) is 0. The highest BCUT2D eigenvalue weighted by molar-refractivity contribution is 5.91. The molecule has 31 heavy (non-hydrogen) atoms. The normalized spacial score (nSPS) is 9.81. The van der Waals surface area contributed by atoms with E-state index in [0.29, 0.717) is 38.2 Å². The molecule has 0 saturated heterocycles. The molecule has 0 saturated carbocycles. The fraction of sp³-hybridized carbons (Fsp3) is 0.381. The Hall–Kier alpha value is -3.69. The lowest BCUT2D eigenvalue weighted by Crippen LogP contribution is -2.26. The maximum absolute atomic E-state index is 11.4. The minimum absolute atomic E-state index is 0.0375. The highest BCUT2D eigenvalue weighted by Crippen LogP contribution is 2.24. The molecule has 0 bridgehead atoms. The monoisotopic (exact) mass is 435 g/mol. The molecule has 2 amide bonds. The fourth-order valence-corrected chi connectivity index (χ4v) is 2.26. The minimum atomic E-state index is -1.10. The Kier molecular flexibility index (Phi) is 12.4. The maximum Gasteiger partial charge on any atom is 0.407 e. The minimum Gasteiger partial charge on any atom is -0.493 e. The van der Waals surface area contributed by atoms with Crippen LogP contribution in [0.4, 0.5) is 15.3 Å². The summed E-state index contributed by atoms with van der Waals surface area (Å²) in [5.41, 5.74) is 0.718. The maximum atomic E-state index is 11.4. The Bertz CT molecular complexity index is 752. The van der Waals surface area contributed by atoms with Gasteiger partial charge in [0.25, 0.3) is 0 Å². The number of aromatic carboxylic acids is 1.